The summed E-state index contributed by atoms with van der Waals surface area (Å²) >= 11 is 0. The van der Waals surface area contributed by atoms with E-state index in [2.05, 4.69) is 11.1 Å². The zero-order chi connectivity index (χ0) is 13.1. The van der Waals surface area contributed by atoms with Crippen LogP contribution in [0.15, 0.2) is 30.3 Å². The Bertz CT molecular complexity index is 552. The summed E-state index contributed by atoms with van der Waals surface area (Å²) in [6.07, 6.45) is 0. The minimum absolute atomic E-state index is 0.272. The zero-order valence-corrected chi connectivity index (χ0v) is 10.9. The van der Waals surface area contributed by atoms with Crippen LogP contribution in [0.3, 0.4) is 0 Å². The Morgan fingerprint density at radius 2 is 1.89 bits per heavy atom. The fourth-order valence-electron chi connectivity index (χ4n) is 2.02. The third kappa shape index (κ3) is 2.45. The number of hydrogen-bond donors (Lipinski definition) is 1. The second-order valence-corrected chi connectivity index (χ2v) is 4.29. The maximum atomic E-state index is 11.5. The van der Waals surface area contributed by atoms with Crippen LogP contribution in [-0.2, 0) is 4.74 Å². The molecule has 0 spiro atoms. The van der Waals surface area contributed by atoms with E-state index in [0.29, 0.717) is 12.2 Å². The van der Waals surface area contributed by atoms with Gasteiger partial charge >= 0.3 is 5.97 Å². The summed E-state index contributed by atoms with van der Waals surface area (Å²) < 4.78 is 4.96. The summed E-state index contributed by atoms with van der Waals surface area (Å²) in [5.74, 6) is -0.272. The number of aromatic nitrogens is 1. The van der Waals surface area contributed by atoms with Crippen molar-refractivity contribution in [3.8, 4) is 11.1 Å². The first-order valence-corrected chi connectivity index (χ1v) is 6.05. The Morgan fingerprint density at radius 3 is 2.39 bits per heavy atom. The van der Waals surface area contributed by atoms with E-state index in [9.17, 15) is 4.79 Å². The molecule has 0 aliphatic carbocycles. The Kier molecular flexibility index (Phi) is 3.51. The first kappa shape index (κ1) is 12.4. The van der Waals surface area contributed by atoms with Gasteiger partial charge in [-0.25, -0.2) is 4.79 Å². The van der Waals surface area contributed by atoms with Gasteiger partial charge in [0, 0.05) is 17.0 Å². The van der Waals surface area contributed by atoms with E-state index < -0.39 is 0 Å². The summed E-state index contributed by atoms with van der Waals surface area (Å²) in [5, 5.41) is 0. The van der Waals surface area contributed by atoms with Gasteiger partial charge in [0.25, 0.3) is 0 Å². The van der Waals surface area contributed by atoms with Crippen molar-refractivity contribution in [2.75, 3.05) is 6.61 Å². The van der Waals surface area contributed by atoms with E-state index in [1.165, 1.54) is 5.56 Å². The minimum Gasteiger partial charge on any atom is -0.462 e. The van der Waals surface area contributed by atoms with Gasteiger partial charge in [-0.1, -0.05) is 12.1 Å². The lowest BCUT2D eigenvalue weighted by Gasteiger charge is -2.04. The number of aromatic amines is 1. The fourth-order valence-corrected chi connectivity index (χ4v) is 2.02. The molecule has 0 saturated heterocycles. The number of benzene rings is 1. The third-order valence-corrected chi connectivity index (χ3v) is 2.86. The average molecular weight is 243 g/mol. The van der Waals surface area contributed by atoms with Crippen LogP contribution < -0.4 is 0 Å². The predicted molar refractivity (Wildman–Crippen MR) is 71.7 cm³/mol. The number of nitrogens with one attached hydrogen (secondary N) is 1. The first-order chi connectivity index (χ1) is 8.61. The first-order valence-electron chi connectivity index (χ1n) is 6.05. The largest absolute Gasteiger partial charge is 0.462 e. The van der Waals surface area contributed by atoms with E-state index in [0.717, 1.165) is 17.0 Å². The van der Waals surface area contributed by atoms with Crippen LogP contribution in [0.5, 0.6) is 0 Å². The molecule has 0 fully saturated rings. The Morgan fingerprint density at radius 1 is 1.22 bits per heavy atom. The highest BCUT2D eigenvalue weighted by Gasteiger charge is 2.08. The highest BCUT2D eigenvalue weighted by molar-refractivity contribution is 5.90. The summed E-state index contributed by atoms with van der Waals surface area (Å²) in [5.41, 5.74) is 5.13. The molecule has 0 bridgehead atoms. The third-order valence-electron chi connectivity index (χ3n) is 2.86. The standard InChI is InChI=1S/C15H17NO2/c1-4-18-15(17)13-7-5-12(6-8-13)14-9-10(2)16-11(14)3/h5-9,16H,4H2,1-3H3. The summed E-state index contributed by atoms with van der Waals surface area (Å²) in [6.45, 7) is 6.28. The van der Waals surface area contributed by atoms with E-state index in [1.807, 2.05) is 26.0 Å². The maximum absolute atomic E-state index is 11.5. The van der Waals surface area contributed by atoms with Crippen molar-refractivity contribution < 1.29 is 9.53 Å². The molecule has 0 aliphatic heterocycles. The van der Waals surface area contributed by atoms with Gasteiger partial charge in [-0.15, -0.1) is 0 Å². The maximum Gasteiger partial charge on any atom is 0.338 e. The fraction of sp³-hybridized carbons (Fsp3) is 0.267. The van der Waals surface area contributed by atoms with Gasteiger partial charge in [0.05, 0.1) is 12.2 Å². The second-order valence-electron chi connectivity index (χ2n) is 4.29. The van der Waals surface area contributed by atoms with Crippen molar-refractivity contribution in [1.29, 1.82) is 0 Å². The summed E-state index contributed by atoms with van der Waals surface area (Å²) in [7, 11) is 0. The summed E-state index contributed by atoms with van der Waals surface area (Å²) in [6, 6.07) is 9.60. The van der Waals surface area contributed by atoms with Crippen LogP contribution in [0.2, 0.25) is 0 Å². The molecule has 0 unspecified atom stereocenters. The Hall–Kier alpha value is -2.03. The normalized spacial score (nSPS) is 10.4. The molecule has 1 heterocycles. The molecule has 0 radical (unpaired) electrons. The van der Waals surface area contributed by atoms with Crippen molar-refractivity contribution in [2.24, 2.45) is 0 Å². The molecular weight excluding hydrogens is 226 g/mol. The lowest BCUT2D eigenvalue weighted by molar-refractivity contribution is 0.0526. The summed E-state index contributed by atoms with van der Waals surface area (Å²) in [4.78, 5) is 14.8. The highest BCUT2D eigenvalue weighted by atomic mass is 16.5. The van der Waals surface area contributed by atoms with Crippen molar-refractivity contribution in [3.63, 3.8) is 0 Å². The topological polar surface area (TPSA) is 42.1 Å². The monoisotopic (exact) mass is 243 g/mol. The lowest BCUT2D eigenvalue weighted by Crippen LogP contribution is -2.03. The van der Waals surface area contributed by atoms with Crippen LogP contribution >= 0.6 is 0 Å². The van der Waals surface area contributed by atoms with E-state index in [-0.39, 0.29) is 5.97 Å². The van der Waals surface area contributed by atoms with Crippen molar-refractivity contribution in [3.05, 3.63) is 47.3 Å². The molecule has 1 N–H and O–H groups in total. The van der Waals surface area contributed by atoms with Gasteiger partial charge in [-0.05, 0) is 44.5 Å². The number of ether oxygens (including phenoxy) is 1. The van der Waals surface area contributed by atoms with Crippen molar-refractivity contribution >= 4 is 5.97 Å². The SMILES string of the molecule is CCOC(=O)c1ccc(-c2cc(C)[nH]c2C)cc1. The predicted octanol–water partition coefficient (Wildman–Crippen LogP) is 3.48. The number of rotatable bonds is 3. The molecule has 3 nitrogen and oxygen atoms in total. The molecule has 1 aromatic carbocycles. The van der Waals surface area contributed by atoms with Crippen molar-refractivity contribution in [1.82, 2.24) is 4.98 Å². The van der Waals surface area contributed by atoms with Crippen LogP contribution in [0.4, 0.5) is 0 Å². The van der Waals surface area contributed by atoms with Gasteiger partial charge in [-0.2, -0.15) is 0 Å². The Balaban J connectivity index is 2.27. The minimum atomic E-state index is -0.272. The second kappa shape index (κ2) is 5.08. The molecule has 1 aromatic heterocycles. The molecule has 2 rings (SSSR count). The van der Waals surface area contributed by atoms with Gasteiger partial charge in [-0.3, -0.25) is 0 Å². The molecule has 18 heavy (non-hydrogen) atoms. The average Bonchev–Trinajstić information content (AvgIpc) is 2.69. The van der Waals surface area contributed by atoms with Crippen LogP contribution in [-0.4, -0.2) is 17.6 Å². The van der Waals surface area contributed by atoms with E-state index >= 15 is 0 Å². The lowest BCUT2D eigenvalue weighted by atomic mass is 10.0. The van der Waals surface area contributed by atoms with Gasteiger partial charge in [0.2, 0.25) is 0 Å². The molecule has 0 aliphatic rings. The van der Waals surface area contributed by atoms with E-state index in [1.54, 1.807) is 19.1 Å². The molecule has 3 heteroatoms. The molecule has 0 saturated carbocycles. The Labute approximate surface area is 107 Å². The highest BCUT2D eigenvalue weighted by Crippen LogP contribution is 2.24. The number of esters is 1. The number of H-pyrrole nitrogens is 1. The molecular formula is C15H17NO2. The smallest absolute Gasteiger partial charge is 0.338 e. The number of hydrogen-bond acceptors (Lipinski definition) is 2. The molecule has 0 amide bonds. The van der Waals surface area contributed by atoms with Gasteiger partial charge in [0.15, 0.2) is 0 Å². The quantitative estimate of drug-likeness (QED) is 0.839. The van der Waals surface area contributed by atoms with Gasteiger partial charge < -0.3 is 9.72 Å². The molecule has 0 atom stereocenters. The molecule has 2 aromatic rings. The van der Waals surface area contributed by atoms with E-state index in [4.69, 9.17) is 4.74 Å². The molecule has 94 valence electrons. The number of carbonyl (C=O) groups is 1. The van der Waals surface area contributed by atoms with Crippen LogP contribution in [0.25, 0.3) is 11.1 Å². The number of aryl methyl sites for hydroxylation is 2. The van der Waals surface area contributed by atoms with Gasteiger partial charge in [0.1, 0.15) is 0 Å². The zero-order valence-electron chi connectivity index (χ0n) is 10.9. The van der Waals surface area contributed by atoms with Crippen LogP contribution in [0.1, 0.15) is 28.7 Å². The van der Waals surface area contributed by atoms with Crippen LogP contribution in [0, 0.1) is 13.8 Å². The van der Waals surface area contributed by atoms with Crippen molar-refractivity contribution in [2.45, 2.75) is 20.8 Å². The number of carbonyl (C=O) groups excluding carboxylic acids is 1.